The molecule has 0 radical (unpaired) electrons. The van der Waals surface area contributed by atoms with Gasteiger partial charge in [-0.3, -0.25) is 9.59 Å². The first-order valence-corrected chi connectivity index (χ1v) is 9.90. The number of nitrogens with one attached hydrogen (secondary N) is 1. The van der Waals surface area contributed by atoms with Crippen molar-refractivity contribution in [2.75, 3.05) is 0 Å². The van der Waals surface area contributed by atoms with Gasteiger partial charge >= 0.3 is 0 Å². The molecule has 3 nitrogen and oxygen atoms in total. The van der Waals surface area contributed by atoms with Crippen LogP contribution in [0.1, 0.15) is 54.1 Å². The topological polar surface area (TPSA) is 46.2 Å². The molecule has 1 atom stereocenters. The Labute approximate surface area is 169 Å². The SMILES string of the molecule is CC1(C)CC(=O)C2=C(C1)NC1=C(C(=O)c3ccccc31)[C@H]2c1cccc(Cl)c1. The lowest BCUT2D eigenvalue weighted by molar-refractivity contribution is -0.118. The van der Waals surface area contributed by atoms with E-state index in [1.165, 1.54) is 0 Å². The lowest BCUT2D eigenvalue weighted by atomic mass is 9.68. The molecule has 0 bridgehead atoms. The van der Waals surface area contributed by atoms with Crippen molar-refractivity contribution in [1.29, 1.82) is 0 Å². The summed E-state index contributed by atoms with van der Waals surface area (Å²) in [5.41, 5.74) is 5.56. The summed E-state index contributed by atoms with van der Waals surface area (Å²) < 4.78 is 0. The lowest BCUT2D eigenvalue weighted by Crippen LogP contribution is -2.37. The third-order valence-electron chi connectivity index (χ3n) is 5.91. The van der Waals surface area contributed by atoms with E-state index in [0.717, 1.165) is 34.5 Å². The Morgan fingerprint density at radius 3 is 2.46 bits per heavy atom. The van der Waals surface area contributed by atoms with Crippen LogP contribution in [0.3, 0.4) is 0 Å². The minimum atomic E-state index is -0.381. The van der Waals surface area contributed by atoms with Gasteiger partial charge in [0.1, 0.15) is 0 Å². The largest absolute Gasteiger partial charge is 0.358 e. The molecule has 0 unspecified atom stereocenters. The molecule has 2 aromatic rings. The molecular formula is C24H20ClNO2. The molecule has 0 spiro atoms. The molecule has 0 saturated heterocycles. The van der Waals surface area contributed by atoms with Gasteiger partial charge in [-0.25, -0.2) is 0 Å². The van der Waals surface area contributed by atoms with Crippen LogP contribution in [0.4, 0.5) is 0 Å². The lowest BCUT2D eigenvalue weighted by Gasteiger charge is -2.39. The number of carbonyl (C=O) groups is 2. The van der Waals surface area contributed by atoms with Crippen LogP contribution < -0.4 is 5.32 Å². The summed E-state index contributed by atoms with van der Waals surface area (Å²) in [6.07, 6.45) is 1.26. The first-order valence-electron chi connectivity index (χ1n) is 9.53. The maximum Gasteiger partial charge on any atom is 0.192 e. The van der Waals surface area contributed by atoms with E-state index >= 15 is 0 Å². The number of benzene rings is 2. The van der Waals surface area contributed by atoms with Crippen molar-refractivity contribution in [2.45, 2.75) is 32.6 Å². The number of rotatable bonds is 1. The molecule has 2 aromatic carbocycles. The van der Waals surface area contributed by atoms with E-state index in [-0.39, 0.29) is 22.9 Å². The predicted octanol–water partition coefficient (Wildman–Crippen LogP) is 5.28. The molecule has 28 heavy (non-hydrogen) atoms. The fraction of sp³-hybridized carbons (Fsp3) is 0.250. The Hall–Kier alpha value is -2.65. The number of carbonyl (C=O) groups excluding carboxylic acids is 2. The summed E-state index contributed by atoms with van der Waals surface area (Å²) >= 11 is 6.27. The average Bonchev–Trinajstić information content (AvgIpc) is 2.92. The van der Waals surface area contributed by atoms with Crippen molar-refractivity contribution in [2.24, 2.45) is 5.41 Å². The third kappa shape index (κ3) is 2.50. The highest BCUT2D eigenvalue weighted by atomic mass is 35.5. The third-order valence-corrected chi connectivity index (χ3v) is 6.15. The van der Waals surface area contributed by atoms with Gasteiger partial charge in [-0.1, -0.05) is 61.8 Å². The highest BCUT2D eigenvalue weighted by Crippen LogP contribution is 2.51. The Morgan fingerprint density at radius 1 is 0.964 bits per heavy atom. The number of dihydropyridines is 1. The molecule has 1 heterocycles. The summed E-state index contributed by atoms with van der Waals surface area (Å²) in [6.45, 7) is 4.23. The van der Waals surface area contributed by atoms with Gasteiger partial charge < -0.3 is 5.32 Å². The number of allylic oxidation sites excluding steroid dienone is 3. The zero-order chi connectivity index (χ0) is 19.6. The van der Waals surface area contributed by atoms with Gasteiger partial charge in [0.25, 0.3) is 0 Å². The van der Waals surface area contributed by atoms with Gasteiger partial charge in [-0.2, -0.15) is 0 Å². The van der Waals surface area contributed by atoms with Crippen LogP contribution in [0.15, 0.2) is 65.4 Å². The van der Waals surface area contributed by atoms with Gasteiger partial charge in [0.15, 0.2) is 11.6 Å². The molecule has 1 aliphatic heterocycles. The van der Waals surface area contributed by atoms with Crippen molar-refractivity contribution >= 4 is 28.9 Å². The smallest absolute Gasteiger partial charge is 0.192 e. The molecule has 4 heteroatoms. The number of hydrogen-bond acceptors (Lipinski definition) is 3. The number of hydrogen-bond donors (Lipinski definition) is 1. The summed E-state index contributed by atoms with van der Waals surface area (Å²) in [4.78, 5) is 26.6. The highest BCUT2D eigenvalue weighted by Gasteiger charge is 2.46. The molecular weight excluding hydrogens is 370 g/mol. The fourth-order valence-corrected chi connectivity index (χ4v) is 5.01. The Balaban J connectivity index is 1.76. The number of halogens is 1. The molecule has 1 N–H and O–H groups in total. The second kappa shape index (κ2) is 5.92. The van der Waals surface area contributed by atoms with Gasteiger partial charge in [0.2, 0.25) is 0 Å². The van der Waals surface area contributed by atoms with Gasteiger partial charge in [-0.05, 0) is 29.5 Å². The van der Waals surface area contributed by atoms with Crippen LogP contribution in [-0.4, -0.2) is 11.6 Å². The summed E-state index contributed by atoms with van der Waals surface area (Å²) in [5.74, 6) is -0.278. The molecule has 5 rings (SSSR count). The van der Waals surface area contributed by atoms with Crippen molar-refractivity contribution in [3.05, 3.63) is 87.1 Å². The summed E-state index contributed by atoms with van der Waals surface area (Å²) in [7, 11) is 0. The second-order valence-electron chi connectivity index (χ2n) is 8.61. The van der Waals surface area contributed by atoms with E-state index < -0.39 is 0 Å². The standard InChI is InChI=1S/C24H20ClNO2/c1-24(2)11-17-20(18(27)12-24)19(13-6-5-7-14(25)10-13)21-22(26-17)15-8-3-4-9-16(15)23(21)28/h3-10,19,26H,11-12H2,1-2H3/t19-/m0/s1. The molecule has 3 aliphatic rings. The Kier molecular flexibility index (Phi) is 3.69. The maximum absolute atomic E-state index is 13.3. The molecule has 0 fully saturated rings. The van der Waals surface area contributed by atoms with Crippen molar-refractivity contribution in [3.63, 3.8) is 0 Å². The zero-order valence-corrected chi connectivity index (χ0v) is 16.6. The monoisotopic (exact) mass is 389 g/mol. The maximum atomic E-state index is 13.3. The van der Waals surface area contributed by atoms with Crippen LogP contribution >= 0.6 is 11.6 Å². The van der Waals surface area contributed by atoms with E-state index in [9.17, 15) is 9.59 Å². The van der Waals surface area contributed by atoms with Crippen LogP contribution in [0, 0.1) is 5.41 Å². The van der Waals surface area contributed by atoms with E-state index in [1.54, 1.807) is 0 Å². The van der Waals surface area contributed by atoms with Crippen molar-refractivity contribution < 1.29 is 9.59 Å². The van der Waals surface area contributed by atoms with Crippen molar-refractivity contribution in [3.8, 4) is 0 Å². The second-order valence-corrected chi connectivity index (χ2v) is 9.05. The number of Topliss-reactive ketones (excluding diaryl/α,β-unsaturated/α-hetero) is 2. The van der Waals surface area contributed by atoms with Gasteiger partial charge in [-0.15, -0.1) is 0 Å². The Bertz CT molecular complexity index is 1120. The van der Waals surface area contributed by atoms with Gasteiger partial charge in [0, 0.05) is 45.3 Å². The van der Waals surface area contributed by atoms with Crippen LogP contribution in [0.2, 0.25) is 5.02 Å². The van der Waals surface area contributed by atoms with Gasteiger partial charge in [0.05, 0.1) is 5.70 Å². The predicted molar refractivity (Wildman–Crippen MR) is 110 cm³/mol. The molecule has 0 amide bonds. The number of ketones is 2. The van der Waals surface area contributed by atoms with Crippen LogP contribution in [0.5, 0.6) is 0 Å². The van der Waals surface area contributed by atoms with Crippen LogP contribution in [0.25, 0.3) is 5.70 Å². The van der Waals surface area contributed by atoms with E-state index in [0.29, 0.717) is 22.6 Å². The first kappa shape index (κ1) is 17.4. The molecule has 140 valence electrons. The van der Waals surface area contributed by atoms with E-state index in [1.807, 2.05) is 48.5 Å². The van der Waals surface area contributed by atoms with Crippen molar-refractivity contribution in [1.82, 2.24) is 5.32 Å². The quantitative estimate of drug-likeness (QED) is 0.721. The number of fused-ring (bicyclic) bond motifs is 2. The minimum Gasteiger partial charge on any atom is -0.358 e. The average molecular weight is 390 g/mol. The van der Waals surface area contributed by atoms with E-state index in [4.69, 9.17) is 11.6 Å². The fourth-order valence-electron chi connectivity index (χ4n) is 4.81. The first-order chi connectivity index (χ1) is 13.4. The molecule has 0 aromatic heterocycles. The minimum absolute atomic E-state index is 0.00717. The summed E-state index contributed by atoms with van der Waals surface area (Å²) in [6, 6.07) is 15.2. The van der Waals surface area contributed by atoms with E-state index in [2.05, 4.69) is 19.2 Å². The zero-order valence-electron chi connectivity index (χ0n) is 15.8. The highest BCUT2D eigenvalue weighted by molar-refractivity contribution is 6.30. The van der Waals surface area contributed by atoms with Crippen LogP contribution in [-0.2, 0) is 4.79 Å². The summed E-state index contributed by atoms with van der Waals surface area (Å²) in [5, 5.41) is 4.09. The Morgan fingerprint density at radius 2 is 1.71 bits per heavy atom. The molecule has 2 aliphatic carbocycles. The normalized spacial score (nSPS) is 22.6. The molecule has 0 saturated carbocycles.